The van der Waals surface area contributed by atoms with E-state index in [1.54, 1.807) is 18.2 Å². The minimum atomic E-state index is -3.85. The van der Waals surface area contributed by atoms with Crippen LogP contribution in [0.5, 0.6) is 0 Å². The van der Waals surface area contributed by atoms with Crippen molar-refractivity contribution in [2.45, 2.75) is 75.8 Å². The van der Waals surface area contributed by atoms with E-state index in [0.29, 0.717) is 29.3 Å². The molecule has 0 fully saturated rings. The first-order chi connectivity index (χ1) is 20.3. The van der Waals surface area contributed by atoms with Crippen molar-refractivity contribution in [2.75, 3.05) is 20.1 Å². The summed E-state index contributed by atoms with van der Waals surface area (Å²) >= 11 is 6.53. The topological polar surface area (TPSA) is 107 Å². The lowest BCUT2D eigenvalue weighted by Gasteiger charge is -2.31. The number of aryl methyl sites for hydroxylation is 2. The number of aliphatic hydroxyl groups is 1. The van der Waals surface area contributed by atoms with Gasteiger partial charge in [-0.3, -0.25) is 4.79 Å². The molecule has 0 bridgehead atoms. The minimum absolute atomic E-state index is 0.0218. The molecule has 3 aromatic rings. The Morgan fingerprint density at radius 1 is 1.09 bits per heavy atom. The number of rotatable bonds is 14. The third kappa shape index (κ3) is 8.46. The number of nitrogens with one attached hydrogen (secondary N) is 1. The van der Waals surface area contributed by atoms with E-state index in [-0.39, 0.29) is 29.9 Å². The Morgan fingerprint density at radius 3 is 2.37 bits per heavy atom. The van der Waals surface area contributed by atoms with E-state index >= 15 is 0 Å². The van der Waals surface area contributed by atoms with Crippen molar-refractivity contribution in [3.63, 3.8) is 0 Å². The van der Waals surface area contributed by atoms with Gasteiger partial charge in [-0.2, -0.15) is 4.31 Å². The number of likely N-dealkylation sites (N-methyl/N-ethyl adjacent to an activating group) is 1. The molecule has 0 saturated carbocycles. The van der Waals surface area contributed by atoms with Gasteiger partial charge >= 0.3 is 5.97 Å². The van der Waals surface area contributed by atoms with Gasteiger partial charge < -0.3 is 15.5 Å². The van der Waals surface area contributed by atoms with Crippen LogP contribution in [0.4, 0.5) is 0 Å². The molecule has 9 heteroatoms. The molecule has 3 aromatic carbocycles. The molecule has 1 aliphatic carbocycles. The molecule has 0 radical (unpaired) electrons. The zero-order valence-electron chi connectivity index (χ0n) is 25.4. The number of nitrogens with zero attached hydrogens (tertiary/aromatic N) is 1. The van der Waals surface area contributed by atoms with Gasteiger partial charge in [0, 0.05) is 42.7 Å². The number of carboxylic acid groups (broad SMARTS) is 1. The predicted molar refractivity (Wildman–Crippen MR) is 172 cm³/mol. The van der Waals surface area contributed by atoms with Crippen molar-refractivity contribution in [3.8, 4) is 11.1 Å². The maximum atomic E-state index is 13.6. The van der Waals surface area contributed by atoms with Gasteiger partial charge in [0.25, 0.3) is 0 Å². The molecule has 43 heavy (non-hydrogen) atoms. The van der Waals surface area contributed by atoms with Crippen LogP contribution in [0.25, 0.3) is 11.1 Å². The molecule has 0 aliphatic heterocycles. The van der Waals surface area contributed by atoms with Crippen molar-refractivity contribution in [1.29, 1.82) is 0 Å². The van der Waals surface area contributed by atoms with Gasteiger partial charge in [-0.05, 0) is 97.9 Å². The van der Waals surface area contributed by atoms with Crippen LogP contribution >= 0.6 is 11.6 Å². The quantitative estimate of drug-likeness (QED) is 0.211. The highest BCUT2D eigenvalue weighted by Crippen LogP contribution is 2.33. The number of hydrogen-bond donors (Lipinski definition) is 3. The number of aliphatic carboxylic acids is 1. The summed E-state index contributed by atoms with van der Waals surface area (Å²) in [5.41, 5.74) is 5.65. The van der Waals surface area contributed by atoms with Gasteiger partial charge in [-0.1, -0.05) is 61.0 Å². The van der Waals surface area contributed by atoms with Crippen molar-refractivity contribution in [2.24, 2.45) is 5.92 Å². The maximum Gasteiger partial charge on any atom is 0.303 e. The van der Waals surface area contributed by atoms with E-state index in [9.17, 15) is 18.3 Å². The summed E-state index contributed by atoms with van der Waals surface area (Å²) in [5, 5.41) is 23.7. The Kier molecular flexibility index (Phi) is 10.7. The molecule has 4 rings (SSSR count). The summed E-state index contributed by atoms with van der Waals surface area (Å²) in [7, 11) is -2.35. The first-order valence-electron chi connectivity index (χ1n) is 14.9. The molecule has 0 heterocycles. The van der Waals surface area contributed by atoms with Crippen LogP contribution in [0.15, 0.2) is 65.6 Å². The Labute approximate surface area is 261 Å². The van der Waals surface area contributed by atoms with Crippen LogP contribution < -0.4 is 5.32 Å². The monoisotopic (exact) mass is 626 g/mol. The Balaban J connectivity index is 1.37. The molecule has 1 aliphatic rings. The van der Waals surface area contributed by atoms with Crippen molar-refractivity contribution < 1.29 is 23.4 Å². The standard InChI is InChI=1S/C34H43ClN2O5S/c1-5-25-19-28(30-13-10-23(18-31(30)35)11-15-33(39)40)12-14-32(25)43(41,42)37(4)22-29(38)21-36-34(2,3)20-24-16-26-8-6-7-9-27(26)17-24/h6-10,12-14,18-19,24,29,36,38H,5,11,15-17,20-22H2,1-4H3,(H,39,40)/t29-/m1/s1. The number of fused-ring (bicyclic) bond motifs is 1. The summed E-state index contributed by atoms with van der Waals surface area (Å²) in [6.45, 7) is 6.42. The maximum absolute atomic E-state index is 13.6. The second kappa shape index (κ2) is 13.9. The smallest absolute Gasteiger partial charge is 0.303 e. The fraction of sp³-hybridized carbons (Fsp3) is 0.441. The van der Waals surface area contributed by atoms with Crippen LogP contribution in [0, 0.1) is 5.92 Å². The molecule has 0 saturated heterocycles. The van der Waals surface area contributed by atoms with Crippen LogP contribution in [-0.4, -0.2) is 60.7 Å². The number of halogens is 1. The highest BCUT2D eigenvalue weighted by atomic mass is 35.5. The van der Waals surface area contributed by atoms with Crippen LogP contribution in [0.2, 0.25) is 5.02 Å². The number of carbonyl (C=O) groups is 1. The molecular formula is C34H43ClN2O5S. The van der Waals surface area contributed by atoms with Gasteiger partial charge in [0.1, 0.15) is 0 Å². The number of benzene rings is 3. The Hall–Kier alpha value is -2.75. The van der Waals surface area contributed by atoms with Gasteiger partial charge in [0.15, 0.2) is 0 Å². The lowest BCUT2D eigenvalue weighted by molar-refractivity contribution is -0.136. The zero-order chi connectivity index (χ0) is 31.4. The summed E-state index contributed by atoms with van der Waals surface area (Å²) in [5.74, 6) is -0.326. The van der Waals surface area contributed by atoms with Crippen LogP contribution in [0.1, 0.15) is 55.9 Å². The highest BCUT2D eigenvalue weighted by molar-refractivity contribution is 7.89. The molecule has 0 aromatic heterocycles. The van der Waals surface area contributed by atoms with E-state index in [1.807, 2.05) is 25.1 Å². The molecule has 232 valence electrons. The fourth-order valence-corrected chi connectivity index (χ4v) is 7.87. The number of carboxylic acids is 1. The van der Waals surface area contributed by atoms with Crippen molar-refractivity contribution in [1.82, 2.24) is 9.62 Å². The molecular weight excluding hydrogens is 584 g/mol. The molecule has 1 atom stereocenters. The third-order valence-corrected chi connectivity index (χ3v) is 10.6. The van der Waals surface area contributed by atoms with Crippen LogP contribution in [0.3, 0.4) is 0 Å². The lowest BCUT2D eigenvalue weighted by Crippen LogP contribution is -2.47. The van der Waals surface area contributed by atoms with Crippen molar-refractivity contribution in [3.05, 3.63) is 87.9 Å². The van der Waals surface area contributed by atoms with E-state index in [2.05, 4.69) is 43.4 Å². The molecule has 3 N–H and O–H groups in total. The average molecular weight is 627 g/mol. The number of sulfonamides is 1. The van der Waals surface area contributed by atoms with Gasteiger partial charge in [0.05, 0.1) is 11.0 Å². The Bertz CT molecular complexity index is 1530. The molecule has 0 amide bonds. The largest absolute Gasteiger partial charge is 0.481 e. The molecule has 0 unspecified atom stereocenters. The van der Waals surface area contributed by atoms with E-state index < -0.39 is 22.1 Å². The second-order valence-corrected chi connectivity index (χ2v) is 14.8. The van der Waals surface area contributed by atoms with E-state index in [0.717, 1.165) is 36.0 Å². The predicted octanol–water partition coefficient (Wildman–Crippen LogP) is 5.74. The van der Waals surface area contributed by atoms with Gasteiger partial charge in [-0.25, -0.2) is 8.42 Å². The minimum Gasteiger partial charge on any atom is -0.481 e. The SMILES string of the molecule is CCc1cc(-c2ccc(CCC(=O)O)cc2Cl)ccc1S(=O)(=O)N(C)C[C@H](O)CNC(C)(C)CC1Cc2ccccc2C1. The Morgan fingerprint density at radius 2 is 1.77 bits per heavy atom. The third-order valence-electron chi connectivity index (χ3n) is 8.32. The first-order valence-corrected chi connectivity index (χ1v) is 16.7. The van der Waals surface area contributed by atoms with Gasteiger partial charge in [-0.15, -0.1) is 0 Å². The van der Waals surface area contributed by atoms with E-state index in [4.69, 9.17) is 16.7 Å². The average Bonchev–Trinajstić information content (AvgIpc) is 3.36. The number of hydrogen-bond acceptors (Lipinski definition) is 5. The number of β-amino-alcohol motifs (C(OH)–C–C–N with tert-alkyl or cyclic N) is 1. The second-order valence-electron chi connectivity index (χ2n) is 12.3. The highest BCUT2D eigenvalue weighted by Gasteiger charge is 2.30. The summed E-state index contributed by atoms with van der Waals surface area (Å²) in [6, 6.07) is 19.2. The summed E-state index contributed by atoms with van der Waals surface area (Å²) < 4.78 is 28.4. The first kappa shape index (κ1) is 33.1. The van der Waals surface area contributed by atoms with Crippen LogP contribution in [-0.2, 0) is 40.5 Å². The number of aliphatic hydroxyl groups excluding tert-OH is 1. The summed E-state index contributed by atoms with van der Waals surface area (Å²) in [6.07, 6.45) is 3.11. The normalized spacial score (nSPS) is 14.7. The van der Waals surface area contributed by atoms with E-state index in [1.165, 1.54) is 22.5 Å². The lowest BCUT2D eigenvalue weighted by atomic mass is 9.88. The molecule has 7 nitrogen and oxygen atoms in total. The van der Waals surface area contributed by atoms with Gasteiger partial charge in [0.2, 0.25) is 10.0 Å². The molecule has 0 spiro atoms. The summed E-state index contributed by atoms with van der Waals surface area (Å²) in [4.78, 5) is 11.1. The van der Waals surface area contributed by atoms with Crippen molar-refractivity contribution >= 4 is 27.6 Å². The zero-order valence-corrected chi connectivity index (χ0v) is 27.0. The fourth-order valence-electron chi connectivity index (χ4n) is 6.08.